The van der Waals surface area contributed by atoms with Crippen molar-refractivity contribution in [1.82, 2.24) is 15.1 Å². The van der Waals surface area contributed by atoms with Gasteiger partial charge in [-0.05, 0) is 6.92 Å². The van der Waals surface area contributed by atoms with E-state index in [4.69, 9.17) is 0 Å². The molecule has 0 N–H and O–H groups in total. The van der Waals surface area contributed by atoms with Gasteiger partial charge < -0.3 is 0 Å². The van der Waals surface area contributed by atoms with E-state index in [1.807, 2.05) is 25.6 Å². The molecular weight excluding hydrogens is 116 g/mol. The van der Waals surface area contributed by atoms with Crippen LogP contribution in [0.3, 0.4) is 0 Å². The van der Waals surface area contributed by atoms with Gasteiger partial charge in [-0.1, -0.05) is 4.68 Å². The molecule has 1 heterocycles. The molecule has 4 nitrogen and oxygen atoms in total. The average Bonchev–Trinajstić information content (AvgIpc) is 2.15. The molecule has 0 atom stereocenters. The van der Waals surface area contributed by atoms with Gasteiger partial charge in [0, 0.05) is 6.92 Å². The predicted octanol–water partition coefficient (Wildman–Crippen LogP) is -0.569. The number of aryl methyl sites for hydroxylation is 2. The summed E-state index contributed by atoms with van der Waals surface area (Å²) >= 11 is 0. The quantitative estimate of drug-likeness (QED) is 0.473. The van der Waals surface area contributed by atoms with Crippen molar-refractivity contribution in [2.45, 2.75) is 20.4 Å². The minimum absolute atomic E-state index is 0.889. The van der Waals surface area contributed by atoms with E-state index >= 15 is 0 Å². The van der Waals surface area contributed by atoms with E-state index in [9.17, 15) is 0 Å². The molecule has 0 radical (unpaired) electrons. The Morgan fingerprint density at radius 3 is 2.56 bits per heavy atom. The molecule has 1 rings (SSSR count). The van der Waals surface area contributed by atoms with Gasteiger partial charge in [-0.25, -0.2) is 0 Å². The largest absolute Gasteiger partial charge is 0.253 e. The van der Waals surface area contributed by atoms with E-state index in [0.29, 0.717) is 0 Å². The van der Waals surface area contributed by atoms with Crippen LogP contribution in [0.1, 0.15) is 12.7 Å². The van der Waals surface area contributed by atoms with Crippen molar-refractivity contribution in [3.05, 3.63) is 5.82 Å². The van der Waals surface area contributed by atoms with Gasteiger partial charge in [0.2, 0.25) is 0 Å². The Bertz CT molecular complexity index is 203. The lowest BCUT2D eigenvalue weighted by atomic mass is 10.6. The molecule has 0 saturated carbocycles. The smallest absolute Gasteiger partial charge is 0.140 e. The Hall–Kier alpha value is -0.930. The molecule has 0 saturated heterocycles. The fourth-order valence-corrected chi connectivity index (χ4v) is 0.697. The van der Waals surface area contributed by atoms with E-state index < -0.39 is 0 Å². The second kappa shape index (κ2) is 2.13. The Morgan fingerprint density at radius 1 is 1.67 bits per heavy atom. The normalized spacial score (nSPS) is 10.1. The Labute approximate surface area is 54.1 Å². The molecule has 0 aliphatic carbocycles. The third kappa shape index (κ3) is 0.918. The maximum absolute atomic E-state index is 3.86. The summed E-state index contributed by atoms with van der Waals surface area (Å²) in [7, 11) is 1.88. The van der Waals surface area contributed by atoms with Crippen LogP contribution in [-0.2, 0) is 13.6 Å². The van der Waals surface area contributed by atoms with E-state index in [1.54, 1.807) is 4.68 Å². The highest BCUT2D eigenvalue weighted by Crippen LogP contribution is 1.82. The van der Waals surface area contributed by atoms with E-state index in [1.165, 1.54) is 0 Å². The van der Waals surface area contributed by atoms with Crippen molar-refractivity contribution in [2.24, 2.45) is 7.05 Å². The Kier molecular flexibility index (Phi) is 1.46. The summed E-state index contributed by atoms with van der Waals surface area (Å²) in [5, 5.41) is 7.68. The molecule has 1 aromatic heterocycles. The van der Waals surface area contributed by atoms with Gasteiger partial charge in [-0.2, -0.15) is 0 Å². The maximum atomic E-state index is 3.86. The number of hydrogen-bond acceptors (Lipinski definition) is 2. The number of rotatable bonds is 1. The molecule has 1 aromatic rings. The zero-order valence-electron chi connectivity index (χ0n) is 6.00. The van der Waals surface area contributed by atoms with E-state index in [2.05, 4.69) is 10.4 Å². The van der Waals surface area contributed by atoms with Crippen LogP contribution in [0.25, 0.3) is 0 Å². The third-order valence-electron chi connectivity index (χ3n) is 1.42. The molecule has 9 heavy (non-hydrogen) atoms. The Balaban J connectivity index is 3.04. The molecule has 0 amide bonds. The molecule has 0 aliphatic heterocycles. The number of hydrogen-bond donors (Lipinski definition) is 0. The van der Waals surface area contributed by atoms with Crippen LogP contribution < -0.4 is 4.68 Å². The lowest BCUT2D eigenvalue weighted by Gasteiger charge is -1.84. The van der Waals surface area contributed by atoms with Crippen LogP contribution in [0, 0.1) is 6.92 Å². The van der Waals surface area contributed by atoms with Crippen molar-refractivity contribution >= 4 is 0 Å². The average molecular weight is 127 g/mol. The van der Waals surface area contributed by atoms with Crippen LogP contribution in [-0.4, -0.2) is 15.1 Å². The summed E-state index contributed by atoms with van der Waals surface area (Å²) in [4.78, 5) is 0. The first-order valence-electron chi connectivity index (χ1n) is 3.02. The SMILES string of the molecule is CCn1nn[n+](C)c1C. The van der Waals surface area contributed by atoms with Crippen molar-refractivity contribution in [3.8, 4) is 0 Å². The Morgan fingerprint density at radius 2 is 2.33 bits per heavy atom. The first kappa shape index (κ1) is 6.19. The topological polar surface area (TPSA) is 34.6 Å². The zero-order chi connectivity index (χ0) is 6.85. The van der Waals surface area contributed by atoms with Crippen LogP contribution in [0.2, 0.25) is 0 Å². The standard InChI is InChI=1S/C5H11N4/c1-4-9-5(2)8(3)6-7-9/h4H2,1-3H3/q+1. The molecule has 0 unspecified atom stereocenters. The van der Waals surface area contributed by atoms with Crippen molar-refractivity contribution in [1.29, 1.82) is 0 Å². The van der Waals surface area contributed by atoms with Gasteiger partial charge in [-0.15, -0.1) is 4.68 Å². The van der Waals surface area contributed by atoms with Gasteiger partial charge in [0.25, 0.3) is 5.82 Å². The molecule has 0 aromatic carbocycles. The first-order chi connectivity index (χ1) is 4.25. The van der Waals surface area contributed by atoms with Crippen molar-refractivity contribution in [2.75, 3.05) is 0 Å². The molecule has 0 fully saturated rings. The summed E-state index contributed by atoms with van der Waals surface area (Å²) in [5.74, 6) is 1.08. The highest BCUT2D eigenvalue weighted by Gasteiger charge is 2.08. The van der Waals surface area contributed by atoms with Gasteiger partial charge in [-0.3, -0.25) is 0 Å². The molecule has 0 spiro atoms. The first-order valence-corrected chi connectivity index (χ1v) is 3.02. The second-order valence-corrected chi connectivity index (χ2v) is 1.97. The lowest BCUT2D eigenvalue weighted by Crippen LogP contribution is -2.33. The van der Waals surface area contributed by atoms with Crippen LogP contribution in [0.15, 0.2) is 0 Å². The summed E-state index contributed by atoms with van der Waals surface area (Å²) in [6, 6.07) is 0. The van der Waals surface area contributed by atoms with E-state index in [-0.39, 0.29) is 0 Å². The summed E-state index contributed by atoms with van der Waals surface area (Å²) in [5.41, 5.74) is 0. The van der Waals surface area contributed by atoms with Crippen LogP contribution >= 0.6 is 0 Å². The zero-order valence-corrected chi connectivity index (χ0v) is 6.00. The van der Waals surface area contributed by atoms with Gasteiger partial charge in [0.15, 0.2) is 5.21 Å². The maximum Gasteiger partial charge on any atom is 0.253 e. The summed E-state index contributed by atoms with van der Waals surface area (Å²) < 4.78 is 3.60. The van der Waals surface area contributed by atoms with Crippen LogP contribution in [0.5, 0.6) is 0 Å². The summed E-state index contributed by atoms with van der Waals surface area (Å²) in [6.07, 6.45) is 0. The van der Waals surface area contributed by atoms with Crippen LogP contribution in [0.4, 0.5) is 0 Å². The number of aromatic nitrogens is 4. The van der Waals surface area contributed by atoms with Crippen molar-refractivity contribution in [3.63, 3.8) is 0 Å². The molecular formula is C5H11N4+. The molecule has 0 bridgehead atoms. The minimum atomic E-state index is 0.889. The molecule has 0 aliphatic rings. The number of nitrogens with zero attached hydrogens (tertiary/aromatic N) is 4. The second-order valence-electron chi connectivity index (χ2n) is 1.97. The molecule has 4 heteroatoms. The fraction of sp³-hybridized carbons (Fsp3) is 0.800. The third-order valence-corrected chi connectivity index (χ3v) is 1.42. The monoisotopic (exact) mass is 127 g/mol. The molecule has 50 valence electrons. The van der Waals surface area contributed by atoms with Gasteiger partial charge in [0.05, 0.1) is 7.05 Å². The highest BCUT2D eigenvalue weighted by atomic mass is 15.6. The van der Waals surface area contributed by atoms with Gasteiger partial charge >= 0.3 is 0 Å². The van der Waals surface area contributed by atoms with Gasteiger partial charge in [0.1, 0.15) is 11.8 Å². The predicted molar refractivity (Wildman–Crippen MR) is 31.6 cm³/mol. The van der Waals surface area contributed by atoms with Crippen molar-refractivity contribution < 1.29 is 4.68 Å². The lowest BCUT2D eigenvalue weighted by molar-refractivity contribution is -0.737. The number of tetrazole rings is 1. The highest BCUT2D eigenvalue weighted by molar-refractivity contribution is 4.62. The summed E-state index contributed by atoms with van der Waals surface area (Å²) in [6.45, 7) is 4.92. The minimum Gasteiger partial charge on any atom is -0.140 e. The fourth-order valence-electron chi connectivity index (χ4n) is 0.697. The van der Waals surface area contributed by atoms with E-state index in [0.717, 1.165) is 12.4 Å².